The highest BCUT2D eigenvalue weighted by atomic mass is 19.2. The first-order chi connectivity index (χ1) is 6.50. The van der Waals surface area contributed by atoms with Crippen molar-refractivity contribution in [2.24, 2.45) is 0 Å². The summed E-state index contributed by atoms with van der Waals surface area (Å²) in [7, 11) is 0. The molecule has 0 bridgehead atoms. The Kier molecular flexibility index (Phi) is 2.68. The summed E-state index contributed by atoms with van der Waals surface area (Å²) >= 11 is 0. The number of rotatable bonds is 2. The van der Waals surface area contributed by atoms with Crippen molar-refractivity contribution in [3.05, 3.63) is 17.5 Å². The van der Waals surface area contributed by atoms with Gasteiger partial charge in [-0.25, -0.2) is 13.2 Å². The molecule has 1 aromatic rings. The highest BCUT2D eigenvalue weighted by Crippen LogP contribution is 2.35. The zero-order valence-corrected chi connectivity index (χ0v) is 6.78. The lowest BCUT2D eigenvalue weighted by Crippen LogP contribution is -2.08. The zero-order chi connectivity index (χ0) is 10.9. The lowest BCUT2D eigenvalue weighted by atomic mass is 10.2. The van der Waals surface area contributed by atoms with Gasteiger partial charge in [-0.1, -0.05) is 0 Å². The molecule has 0 aromatic heterocycles. The number of alkyl halides is 1. The molecule has 3 nitrogen and oxygen atoms in total. The van der Waals surface area contributed by atoms with Gasteiger partial charge in [0.2, 0.25) is 18.5 Å². The molecular weight excluding hydrogens is 204 g/mol. The molecule has 1 rings (SSSR count). The zero-order valence-electron chi connectivity index (χ0n) is 6.78. The van der Waals surface area contributed by atoms with E-state index in [1.807, 2.05) is 0 Å². The van der Waals surface area contributed by atoms with Crippen LogP contribution in [0.2, 0.25) is 0 Å². The number of ether oxygens (including phenoxy) is 1. The molecule has 0 unspecified atom stereocenters. The summed E-state index contributed by atoms with van der Waals surface area (Å²) in [4.78, 5) is 0. The van der Waals surface area contributed by atoms with Gasteiger partial charge in [0.15, 0.2) is 11.6 Å². The third-order valence-electron chi connectivity index (χ3n) is 1.55. The number of halogens is 4. The maximum atomic E-state index is 12.8. The second-order valence-corrected chi connectivity index (χ2v) is 2.35. The quantitative estimate of drug-likeness (QED) is 0.442. The molecule has 1 aromatic carbocycles. The predicted octanol–water partition coefficient (Wildman–Crippen LogP) is 1.57. The molecule has 0 aliphatic heterocycles. The van der Waals surface area contributed by atoms with Crippen LogP contribution >= 0.6 is 0 Å². The molecule has 0 atom stereocenters. The molecule has 4 N–H and O–H groups in total. The minimum atomic E-state index is -1.85. The molecule has 7 heteroatoms. The van der Waals surface area contributed by atoms with E-state index in [1.165, 1.54) is 0 Å². The van der Waals surface area contributed by atoms with Crippen LogP contribution in [-0.2, 0) is 0 Å². The molecule has 0 aliphatic carbocycles. The maximum Gasteiger partial charge on any atom is 0.228 e. The van der Waals surface area contributed by atoms with Crippen molar-refractivity contribution >= 4 is 11.4 Å². The first-order valence-electron chi connectivity index (χ1n) is 3.40. The van der Waals surface area contributed by atoms with Crippen LogP contribution < -0.4 is 16.2 Å². The lowest BCUT2D eigenvalue weighted by molar-refractivity contribution is 0.183. The minimum Gasteiger partial charge on any atom is -0.457 e. The average Bonchev–Trinajstić information content (AvgIpc) is 2.19. The van der Waals surface area contributed by atoms with Crippen LogP contribution in [0.4, 0.5) is 28.9 Å². The molecule has 0 spiro atoms. The topological polar surface area (TPSA) is 61.3 Å². The van der Waals surface area contributed by atoms with Crippen LogP contribution in [0, 0.1) is 17.5 Å². The fraction of sp³-hybridized carbons (Fsp3) is 0.143. The Bertz CT molecular complexity index is 340. The number of benzene rings is 1. The van der Waals surface area contributed by atoms with E-state index in [2.05, 4.69) is 4.74 Å². The second kappa shape index (κ2) is 3.60. The SMILES string of the molecule is Nc1c(N)c(OCF)c(F)c(F)c1F. The number of anilines is 2. The van der Waals surface area contributed by atoms with Gasteiger partial charge in [0, 0.05) is 0 Å². The summed E-state index contributed by atoms with van der Waals surface area (Å²) < 4.78 is 54.0. The van der Waals surface area contributed by atoms with Gasteiger partial charge < -0.3 is 16.2 Å². The molecule has 0 fully saturated rings. The van der Waals surface area contributed by atoms with Crippen LogP contribution in [0.1, 0.15) is 0 Å². The van der Waals surface area contributed by atoms with Gasteiger partial charge in [-0.2, -0.15) is 4.39 Å². The van der Waals surface area contributed by atoms with Crippen LogP contribution in [0.3, 0.4) is 0 Å². The highest BCUT2D eigenvalue weighted by Gasteiger charge is 2.22. The third kappa shape index (κ3) is 1.40. The van der Waals surface area contributed by atoms with Gasteiger partial charge in [-0.3, -0.25) is 0 Å². The van der Waals surface area contributed by atoms with Crippen LogP contribution in [0.5, 0.6) is 5.75 Å². The van der Waals surface area contributed by atoms with Crippen LogP contribution in [-0.4, -0.2) is 6.86 Å². The molecule has 0 saturated heterocycles. The molecule has 0 aliphatic rings. The first-order valence-corrected chi connectivity index (χ1v) is 3.40. The Hall–Kier alpha value is -1.66. The van der Waals surface area contributed by atoms with Crippen molar-refractivity contribution in [1.29, 1.82) is 0 Å². The molecule has 0 heterocycles. The van der Waals surface area contributed by atoms with Gasteiger partial charge >= 0.3 is 0 Å². The predicted molar refractivity (Wildman–Crippen MR) is 41.7 cm³/mol. The smallest absolute Gasteiger partial charge is 0.228 e. The monoisotopic (exact) mass is 210 g/mol. The van der Waals surface area contributed by atoms with E-state index in [4.69, 9.17) is 11.5 Å². The Morgan fingerprint density at radius 3 is 2.00 bits per heavy atom. The van der Waals surface area contributed by atoms with Crippen molar-refractivity contribution in [3.8, 4) is 5.75 Å². The Labute approximate surface area is 76.3 Å². The average molecular weight is 210 g/mol. The minimum absolute atomic E-state index is 0.668. The molecular formula is C7H6F4N2O. The summed E-state index contributed by atoms with van der Waals surface area (Å²) in [6.07, 6.45) is 0. The van der Waals surface area contributed by atoms with E-state index in [1.54, 1.807) is 0 Å². The van der Waals surface area contributed by atoms with Crippen molar-refractivity contribution in [3.63, 3.8) is 0 Å². The maximum absolute atomic E-state index is 12.8. The fourth-order valence-corrected chi connectivity index (χ4v) is 0.869. The molecule has 0 saturated carbocycles. The van der Waals surface area contributed by atoms with Crippen molar-refractivity contribution < 1.29 is 22.3 Å². The summed E-state index contributed by atoms with van der Waals surface area (Å²) in [5, 5.41) is 0. The van der Waals surface area contributed by atoms with Gasteiger partial charge in [-0.15, -0.1) is 0 Å². The van der Waals surface area contributed by atoms with E-state index in [9.17, 15) is 17.6 Å². The Morgan fingerprint density at radius 2 is 1.50 bits per heavy atom. The standard InChI is InChI=1S/C7H6F4N2O/c8-1-14-7-4(11)2(9)3(10)5(12)6(7)13/h1,12-13H2. The van der Waals surface area contributed by atoms with Crippen LogP contribution in [0.25, 0.3) is 0 Å². The highest BCUT2D eigenvalue weighted by molar-refractivity contribution is 5.72. The number of nitrogens with two attached hydrogens (primary N) is 2. The van der Waals surface area contributed by atoms with Crippen LogP contribution in [0.15, 0.2) is 0 Å². The van der Waals surface area contributed by atoms with Gasteiger partial charge in [0.25, 0.3) is 0 Å². The summed E-state index contributed by atoms with van der Waals surface area (Å²) in [5.74, 6) is -6.10. The van der Waals surface area contributed by atoms with E-state index in [0.29, 0.717) is 0 Å². The summed E-state index contributed by atoms with van der Waals surface area (Å²) in [6.45, 7) is -1.42. The van der Waals surface area contributed by atoms with Crippen molar-refractivity contribution in [1.82, 2.24) is 0 Å². The van der Waals surface area contributed by atoms with E-state index in [-0.39, 0.29) is 0 Å². The molecule has 78 valence electrons. The van der Waals surface area contributed by atoms with E-state index >= 15 is 0 Å². The summed E-state index contributed by atoms with van der Waals surface area (Å²) in [5.41, 5.74) is 8.57. The van der Waals surface area contributed by atoms with Gasteiger partial charge in [0.1, 0.15) is 5.69 Å². The van der Waals surface area contributed by atoms with Crippen molar-refractivity contribution in [2.45, 2.75) is 0 Å². The molecule has 0 amide bonds. The number of hydrogen-bond donors (Lipinski definition) is 2. The summed E-state index contributed by atoms with van der Waals surface area (Å²) in [6, 6.07) is 0. The first kappa shape index (κ1) is 10.4. The fourth-order valence-electron chi connectivity index (χ4n) is 0.869. The number of hydrogen-bond acceptors (Lipinski definition) is 3. The normalized spacial score (nSPS) is 10.3. The number of nitrogen functional groups attached to an aromatic ring is 2. The second-order valence-electron chi connectivity index (χ2n) is 2.35. The lowest BCUT2D eigenvalue weighted by Gasteiger charge is -2.10. The molecule has 14 heavy (non-hydrogen) atoms. The molecule has 0 radical (unpaired) electrons. The van der Waals surface area contributed by atoms with Gasteiger partial charge in [0.05, 0.1) is 5.69 Å². The third-order valence-corrected chi connectivity index (χ3v) is 1.55. The largest absolute Gasteiger partial charge is 0.457 e. The van der Waals surface area contributed by atoms with E-state index < -0.39 is 41.4 Å². The van der Waals surface area contributed by atoms with Gasteiger partial charge in [-0.05, 0) is 0 Å². The Morgan fingerprint density at radius 1 is 0.929 bits per heavy atom. The van der Waals surface area contributed by atoms with E-state index in [0.717, 1.165) is 0 Å². The van der Waals surface area contributed by atoms with Crippen molar-refractivity contribution in [2.75, 3.05) is 18.3 Å². The Balaban J connectivity index is 3.43.